The maximum Gasteiger partial charge on any atom is 0.101 e. The van der Waals surface area contributed by atoms with Crippen LogP contribution in [0.2, 0.25) is 0 Å². The van der Waals surface area contributed by atoms with E-state index in [-0.39, 0.29) is 0 Å². The number of nitrogens with zero attached hydrogens (tertiary/aromatic N) is 1. The predicted octanol–water partition coefficient (Wildman–Crippen LogP) is 3.49. The lowest BCUT2D eigenvalue weighted by Crippen LogP contribution is -2.02. The Morgan fingerprint density at radius 3 is 2.94 bits per heavy atom. The molecule has 2 nitrogen and oxygen atoms in total. The highest BCUT2D eigenvalue weighted by atomic mass is 79.9. The monoisotopic (exact) mass is 297 g/mol. The summed E-state index contributed by atoms with van der Waals surface area (Å²) in [6.45, 7) is 1.94. The summed E-state index contributed by atoms with van der Waals surface area (Å²) >= 11 is 4.98. The van der Waals surface area contributed by atoms with Crippen LogP contribution in [-0.2, 0) is 6.42 Å². The summed E-state index contributed by atoms with van der Waals surface area (Å²) in [6.07, 6.45) is 0.0852. The van der Waals surface area contributed by atoms with Crippen LogP contribution < -0.4 is 0 Å². The molecule has 2 rings (SSSR count). The number of rotatable bonds is 3. The molecule has 0 amide bonds. The van der Waals surface area contributed by atoms with Gasteiger partial charge in [-0.3, -0.25) is 0 Å². The Hall–Kier alpha value is -0.710. The summed E-state index contributed by atoms with van der Waals surface area (Å²) in [5.41, 5.74) is 1.87. The molecule has 0 bridgehead atoms. The first-order valence-electron chi connectivity index (χ1n) is 4.99. The van der Waals surface area contributed by atoms with E-state index in [4.69, 9.17) is 0 Å². The average Bonchev–Trinajstić information content (AvgIpc) is 2.65. The summed E-state index contributed by atoms with van der Waals surface area (Å²) < 4.78 is 1.03. The standard InChI is InChI=1S/C12H12BrNOS/c1-8-14-11(7-16-8)12(15)6-9-3-2-4-10(13)5-9/h2-5,7,12,15H,6H2,1H3. The van der Waals surface area contributed by atoms with Crippen molar-refractivity contribution in [3.63, 3.8) is 0 Å². The molecule has 0 radical (unpaired) electrons. The van der Waals surface area contributed by atoms with Gasteiger partial charge in [-0.2, -0.15) is 0 Å². The highest BCUT2D eigenvalue weighted by Gasteiger charge is 2.11. The van der Waals surface area contributed by atoms with E-state index in [9.17, 15) is 5.11 Å². The van der Waals surface area contributed by atoms with E-state index in [0.29, 0.717) is 6.42 Å². The summed E-state index contributed by atoms with van der Waals surface area (Å²) in [4.78, 5) is 4.29. The van der Waals surface area contributed by atoms with Crippen LogP contribution >= 0.6 is 27.3 Å². The third-order valence-electron chi connectivity index (χ3n) is 2.30. The predicted molar refractivity (Wildman–Crippen MR) is 69.7 cm³/mol. The molecule has 1 heterocycles. The van der Waals surface area contributed by atoms with E-state index in [1.807, 2.05) is 36.6 Å². The van der Waals surface area contributed by atoms with Crippen LogP contribution in [0.25, 0.3) is 0 Å². The van der Waals surface area contributed by atoms with Gasteiger partial charge in [-0.05, 0) is 24.6 Å². The first-order chi connectivity index (χ1) is 7.65. The molecule has 1 aromatic carbocycles. The minimum absolute atomic E-state index is 0.515. The summed E-state index contributed by atoms with van der Waals surface area (Å²) in [5, 5.41) is 12.9. The Kier molecular flexibility index (Phi) is 3.74. The van der Waals surface area contributed by atoms with Crippen LogP contribution in [0.3, 0.4) is 0 Å². The fourth-order valence-electron chi connectivity index (χ4n) is 1.52. The number of hydrogen-bond donors (Lipinski definition) is 1. The Morgan fingerprint density at radius 2 is 2.31 bits per heavy atom. The molecular weight excluding hydrogens is 286 g/mol. The second kappa shape index (κ2) is 5.08. The van der Waals surface area contributed by atoms with Crippen molar-refractivity contribution in [2.24, 2.45) is 0 Å². The molecule has 0 fully saturated rings. The number of aryl methyl sites for hydroxylation is 1. The molecule has 0 aliphatic carbocycles. The van der Waals surface area contributed by atoms with Gasteiger partial charge < -0.3 is 5.11 Å². The van der Waals surface area contributed by atoms with E-state index in [1.165, 1.54) is 0 Å². The van der Waals surface area contributed by atoms with Gasteiger partial charge in [0.2, 0.25) is 0 Å². The lowest BCUT2D eigenvalue weighted by atomic mass is 10.1. The van der Waals surface area contributed by atoms with Gasteiger partial charge >= 0.3 is 0 Å². The lowest BCUT2D eigenvalue weighted by molar-refractivity contribution is 0.174. The number of hydrogen-bond acceptors (Lipinski definition) is 3. The van der Waals surface area contributed by atoms with Crippen LogP contribution in [0.4, 0.5) is 0 Å². The molecule has 2 aromatic rings. The first kappa shape index (κ1) is 11.8. The van der Waals surface area contributed by atoms with Crippen LogP contribution in [-0.4, -0.2) is 10.1 Å². The number of benzene rings is 1. The zero-order valence-electron chi connectivity index (χ0n) is 8.85. The Labute approximate surface area is 107 Å². The lowest BCUT2D eigenvalue weighted by Gasteiger charge is -2.08. The molecule has 0 aliphatic rings. The van der Waals surface area contributed by atoms with Gasteiger partial charge in [0.15, 0.2) is 0 Å². The summed E-state index contributed by atoms with van der Waals surface area (Å²) in [5.74, 6) is 0. The third-order valence-corrected chi connectivity index (χ3v) is 3.58. The maximum absolute atomic E-state index is 10.0. The van der Waals surface area contributed by atoms with Crippen molar-refractivity contribution in [1.29, 1.82) is 0 Å². The van der Waals surface area contributed by atoms with E-state index in [0.717, 1.165) is 20.7 Å². The molecule has 1 unspecified atom stereocenters. The van der Waals surface area contributed by atoms with Gasteiger partial charge in [-0.1, -0.05) is 28.1 Å². The van der Waals surface area contributed by atoms with Gasteiger partial charge in [-0.25, -0.2) is 4.98 Å². The number of aromatic nitrogens is 1. The highest BCUT2D eigenvalue weighted by molar-refractivity contribution is 9.10. The first-order valence-corrected chi connectivity index (χ1v) is 6.67. The maximum atomic E-state index is 10.0. The van der Waals surface area contributed by atoms with Crippen molar-refractivity contribution in [2.75, 3.05) is 0 Å². The van der Waals surface area contributed by atoms with Crippen molar-refractivity contribution in [3.8, 4) is 0 Å². The van der Waals surface area contributed by atoms with Crippen molar-refractivity contribution in [2.45, 2.75) is 19.4 Å². The fraction of sp³-hybridized carbons (Fsp3) is 0.250. The summed E-state index contributed by atoms with van der Waals surface area (Å²) in [6, 6.07) is 7.97. The van der Waals surface area contributed by atoms with Crippen LogP contribution in [0.15, 0.2) is 34.1 Å². The van der Waals surface area contributed by atoms with Crippen LogP contribution in [0, 0.1) is 6.92 Å². The molecule has 1 aromatic heterocycles. The molecule has 4 heteroatoms. The molecular formula is C12H12BrNOS. The van der Waals surface area contributed by atoms with Crippen LogP contribution in [0.1, 0.15) is 22.4 Å². The van der Waals surface area contributed by atoms with Gasteiger partial charge in [0.1, 0.15) is 6.10 Å². The number of thiazole rings is 1. The normalized spacial score (nSPS) is 12.7. The van der Waals surface area contributed by atoms with Gasteiger partial charge in [0, 0.05) is 16.3 Å². The van der Waals surface area contributed by atoms with E-state index in [1.54, 1.807) is 11.3 Å². The minimum Gasteiger partial charge on any atom is -0.386 e. The zero-order valence-corrected chi connectivity index (χ0v) is 11.3. The zero-order chi connectivity index (χ0) is 11.5. The Bertz CT molecular complexity index is 483. The molecule has 0 saturated carbocycles. The Balaban J connectivity index is 2.10. The molecule has 84 valence electrons. The van der Waals surface area contributed by atoms with Gasteiger partial charge in [-0.15, -0.1) is 11.3 Å². The van der Waals surface area contributed by atoms with Gasteiger partial charge in [0.25, 0.3) is 0 Å². The van der Waals surface area contributed by atoms with E-state index >= 15 is 0 Å². The third kappa shape index (κ3) is 2.90. The molecule has 0 saturated heterocycles. The second-order valence-corrected chi connectivity index (χ2v) is 5.62. The second-order valence-electron chi connectivity index (χ2n) is 3.64. The molecule has 1 N–H and O–H groups in total. The average molecular weight is 298 g/mol. The van der Waals surface area contributed by atoms with Crippen molar-refractivity contribution in [1.82, 2.24) is 4.98 Å². The van der Waals surface area contributed by atoms with Gasteiger partial charge in [0.05, 0.1) is 10.7 Å². The van der Waals surface area contributed by atoms with Crippen LogP contribution in [0.5, 0.6) is 0 Å². The molecule has 1 atom stereocenters. The minimum atomic E-state index is -0.515. The quantitative estimate of drug-likeness (QED) is 0.941. The fourth-order valence-corrected chi connectivity index (χ4v) is 2.63. The summed E-state index contributed by atoms with van der Waals surface area (Å²) in [7, 11) is 0. The van der Waals surface area contributed by atoms with Crippen molar-refractivity contribution >= 4 is 27.3 Å². The Morgan fingerprint density at radius 1 is 1.50 bits per heavy atom. The van der Waals surface area contributed by atoms with Crippen molar-refractivity contribution in [3.05, 3.63) is 50.4 Å². The SMILES string of the molecule is Cc1nc(C(O)Cc2cccc(Br)c2)cs1. The largest absolute Gasteiger partial charge is 0.386 e. The van der Waals surface area contributed by atoms with Crippen molar-refractivity contribution < 1.29 is 5.11 Å². The smallest absolute Gasteiger partial charge is 0.101 e. The number of halogens is 1. The number of aliphatic hydroxyl groups is 1. The number of aliphatic hydroxyl groups excluding tert-OH is 1. The van der Waals surface area contributed by atoms with E-state index in [2.05, 4.69) is 20.9 Å². The molecule has 0 spiro atoms. The van der Waals surface area contributed by atoms with E-state index < -0.39 is 6.10 Å². The molecule has 16 heavy (non-hydrogen) atoms. The molecule has 0 aliphatic heterocycles. The highest BCUT2D eigenvalue weighted by Crippen LogP contribution is 2.21. The topological polar surface area (TPSA) is 33.1 Å².